The molecule has 0 aromatic heterocycles. The molecule has 0 heterocycles. The molecule has 0 saturated heterocycles. The molecule has 2 atom stereocenters. The monoisotopic (exact) mass is 634 g/mol. The number of carbonyl (C=O) groups excluding carboxylic acids is 2. The van der Waals surface area contributed by atoms with Crippen molar-refractivity contribution in [2.45, 2.75) is 141 Å². The molecule has 0 spiro atoms. The number of carbonyl (C=O) groups is 4. The summed E-state index contributed by atoms with van der Waals surface area (Å²) in [4.78, 5) is 45.3. The van der Waals surface area contributed by atoms with E-state index in [0.29, 0.717) is 24.6 Å². The first kappa shape index (κ1) is 40.5. The van der Waals surface area contributed by atoms with E-state index >= 15 is 0 Å². The Balaban J connectivity index is 3.54. The number of carboxylic acids is 2. The Labute approximate surface area is 261 Å². The lowest BCUT2D eigenvalue weighted by Gasteiger charge is -2.14. The second-order valence-corrected chi connectivity index (χ2v) is 13.6. The minimum Gasteiger partial charge on any atom is -0.481 e. The summed E-state index contributed by atoms with van der Waals surface area (Å²) in [6.45, 7) is 1.25. The number of hydrogen-bond acceptors (Lipinski definition) is 8. The van der Waals surface area contributed by atoms with Crippen LogP contribution >= 0.6 is 21.6 Å². The maximum absolute atomic E-state index is 12.2. The summed E-state index contributed by atoms with van der Waals surface area (Å²) in [6.07, 6.45) is 19.5. The number of carboxylic acid groups (broad SMARTS) is 2. The smallest absolute Gasteiger partial charge is 0.303 e. The van der Waals surface area contributed by atoms with Gasteiger partial charge in [-0.05, 0) is 25.7 Å². The molecule has 0 aromatic carbocycles. The number of amides is 2. The van der Waals surface area contributed by atoms with Gasteiger partial charge in [0.2, 0.25) is 11.8 Å². The van der Waals surface area contributed by atoms with Crippen LogP contribution in [0.5, 0.6) is 0 Å². The fraction of sp³-hybridized carbons (Fsp3) is 0.867. The fourth-order valence-corrected chi connectivity index (χ4v) is 6.60. The van der Waals surface area contributed by atoms with Gasteiger partial charge in [-0.25, -0.2) is 0 Å². The van der Waals surface area contributed by atoms with E-state index in [9.17, 15) is 19.2 Å². The maximum Gasteiger partial charge on any atom is 0.303 e. The summed E-state index contributed by atoms with van der Waals surface area (Å²) >= 11 is 0. The Hall–Kier alpha value is -1.50. The summed E-state index contributed by atoms with van der Waals surface area (Å²) in [5, 5.41) is 23.0. The topological polar surface area (TPSA) is 185 Å². The number of nitrogens with two attached hydrogens (primary N) is 2. The summed E-state index contributed by atoms with van der Waals surface area (Å²) in [5.41, 5.74) is 12.0. The molecule has 246 valence electrons. The van der Waals surface area contributed by atoms with Gasteiger partial charge in [0.05, 0.1) is 12.1 Å². The Bertz CT molecular complexity index is 659. The van der Waals surface area contributed by atoms with Crippen LogP contribution in [0.3, 0.4) is 0 Å². The van der Waals surface area contributed by atoms with E-state index in [-0.39, 0.29) is 24.7 Å². The number of hydrogen-bond donors (Lipinski definition) is 6. The Morgan fingerprint density at radius 3 is 1.02 bits per heavy atom. The van der Waals surface area contributed by atoms with Crippen molar-refractivity contribution in [3.63, 3.8) is 0 Å². The number of unbranched alkanes of at least 4 members (excludes halogenated alkanes) is 16. The second-order valence-electron chi connectivity index (χ2n) is 11.0. The van der Waals surface area contributed by atoms with Crippen molar-refractivity contribution < 1.29 is 29.4 Å². The minimum atomic E-state index is -0.715. The van der Waals surface area contributed by atoms with Gasteiger partial charge in [0.1, 0.15) is 0 Å². The molecule has 0 aliphatic rings. The van der Waals surface area contributed by atoms with Gasteiger partial charge in [-0.1, -0.05) is 111 Å². The average molecular weight is 635 g/mol. The van der Waals surface area contributed by atoms with Crippen molar-refractivity contribution in [3.05, 3.63) is 0 Å². The first-order valence-electron chi connectivity index (χ1n) is 16.0. The molecule has 0 aliphatic heterocycles. The van der Waals surface area contributed by atoms with Crippen LogP contribution in [0.4, 0.5) is 0 Å². The van der Waals surface area contributed by atoms with Crippen LogP contribution in [0.25, 0.3) is 0 Å². The molecule has 0 saturated carbocycles. The molecule has 12 heteroatoms. The largest absolute Gasteiger partial charge is 0.481 e. The van der Waals surface area contributed by atoms with Crippen molar-refractivity contribution in [1.29, 1.82) is 0 Å². The van der Waals surface area contributed by atoms with Crippen LogP contribution in [-0.2, 0) is 19.2 Å². The quantitative estimate of drug-likeness (QED) is 0.0436. The van der Waals surface area contributed by atoms with Crippen LogP contribution in [0.15, 0.2) is 0 Å². The third-order valence-electron chi connectivity index (χ3n) is 6.99. The lowest BCUT2D eigenvalue weighted by atomic mass is 10.1. The summed E-state index contributed by atoms with van der Waals surface area (Å²) < 4.78 is 0. The molecule has 10 nitrogen and oxygen atoms in total. The van der Waals surface area contributed by atoms with Crippen LogP contribution < -0.4 is 22.1 Å². The number of aliphatic carboxylic acids is 2. The zero-order chi connectivity index (χ0) is 31.3. The van der Waals surface area contributed by atoms with Crippen LogP contribution in [0, 0.1) is 0 Å². The standard InChI is InChI=1S/C30H58N4O6S2/c31-25(29(39)33-21-17-13-9-5-1-3-7-11-15-19-27(35)36)23-41-42-24-26(32)30(40)34-22-18-14-10-6-2-4-8-12-16-20-28(37)38/h25-26H,1-24,31-32H2,(H,33,39)(H,34,40)(H,35,36)(H,37,38). The third kappa shape index (κ3) is 28.6. The van der Waals surface area contributed by atoms with Crippen molar-refractivity contribution in [2.75, 3.05) is 24.6 Å². The molecule has 0 rings (SSSR count). The maximum atomic E-state index is 12.2. The van der Waals surface area contributed by atoms with Gasteiger partial charge >= 0.3 is 11.9 Å². The van der Waals surface area contributed by atoms with Crippen molar-refractivity contribution in [3.8, 4) is 0 Å². The summed E-state index contributed by atoms with van der Waals surface area (Å²) in [6, 6.07) is -1.18. The van der Waals surface area contributed by atoms with Crippen LogP contribution in [0.1, 0.15) is 128 Å². The molecule has 0 aliphatic carbocycles. The third-order valence-corrected chi connectivity index (χ3v) is 9.46. The highest BCUT2D eigenvalue weighted by molar-refractivity contribution is 8.76. The summed E-state index contributed by atoms with van der Waals surface area (Å²) in [5.74, 6) is -0.815. The molecular formula is C30H58N4O6S2. The Morgan fingerprint density at radius 2 is 0.738 bits per heavy atom. The molecule has 42 heavy (non-hydrogen) atoms. The Kier molecular flexibility index (Phi) is 28.5. The van der Waals surface area contributed by atoms with Gasteiger partial charge in [0, 0.05) is 37.4 Å². The van der Waals surface area contributed by atoms with Gasteiger partial charge in [-0.15, -0.1) is 0 Å². The number of rotatable bonds is 31. The van der Waals surface area contributed by atoms with E-state index in [1.807, 2.05) is 0 Å². The highest BCUT2D eigenvalue weighted by Gasteiger charge is 2.16. The van der Waals surface area contributed by atoms with E-state index in [4.69, 9.17) is 21.7 Å². The molecule has 2 amide bonds. The van der Waals surface area contributed by atoms with Crippen LogP contribution in [-0.4, -0.2) is 70.6 Å². The van der Waals surface area contributed by atoms with Gasteiger partial charge in [0.25, 0.3) is 0 Å². The van der Waals surface area contributed by atoms with E-state index in [1.54, 1.807) is 0 Å². The minimum absolute atomic E-state index is 0.151. The zero-order valence-electron chi connectivity index (χ0n) is 25.6. The fourth-order valence-electron chi connectivity index (χ4n) is 4.36. The van der Waals surface area contributed by atoms with E-state index < -0.39 is 24.0 Å². The van der Waals surface area contributed by atoms with Gasteiger partial charge in [-0.2, -0.15) is 0 Å². The lowest BCUT2D eigenvalue weighted by molar-refractivity contribution is -0.138. The number of nitrogens with one attached hydrogen (secondary N) is 2. The first-order chi connectivity index (χ1) is 20.2. The SMILES string of the molecule is NC(CSSCC(N)C(=O)NCCCCCCCCCCCC(=O)O)C(=O)NCCCCCCCCCCCC(=O)O. The predicted molar refractivity (Wildman–Crippen MR) is 174 cm³/mol. The van der Waals surface area contributed by atoms with Gasteiger partial charge in [-0.3, -0.25) is 19.2 Å². The van der Waals surface area contributed by atoms with E-state index in [1.165, 1.54) is 47.3 Å². The highest BCUT2D eigenvalue weighted by Crippen LogP contribution is 2.22. The van der Waals surface area contributed by atoms with Crippen molar-refractivity contribution in [2.24, 2.45) is 11.5 Å². The first-order valence-corrected chi connectivity index (χ1v) is 18.5. The average Bonchev–Trinajstić information content (AvgIpc) is 2.95. The predicted octanol–water partition coefficient (Wildman–Crippen LogP) is 5.23. The molecule has 8 N–H and O–H groups in total. The van der Waals surface area contributed by atoms with Crippen molar-refractivity contribution in [1.82, 2.24) is 10.6 Å². The molecule has 0 fully saturated rings. The van der Waals surface area contributed by atoms with Crippen molar-refractivity contribution >= 4 is 45.3 Å². The lowest BCUT2D eigenvalue weighted by Crippen LogP contribution is -2.43. The normalized spacial score (nSPS) is 12.5. The molecular weight excluding hydrogens is 576 g/mol. The van der Waals surface area contributed by atoms with Gasteiger partial charge in [0.15, 0.2) is 0 Å². The molecule has 2 unspecified atom stereocenters. The molecule has 0 radical (unpaired) electrons. The highest BCUT2D eigenvalue weighted by atomic mass is 33.1. The van der Waals surface area contributed by atoms with Gasteiger partial charge < -0.3 is 32.3 Å². The summed E-state index contributed by atoms with van der Waals surface area (Å²) in [7, 11) is 2.92. The molecule has 0 aromatic rings. The second kappa shape index (κ2) is 29.6. The Morgan fingerprint density at radius 1 is 0.476 bits per heavy atom. The molecule has 0 bridgehead atoms. The zero-order valence-corrected chi connectivity index (χ0v) is 27.3. The van der Waals surface area contributed by atoms with Crippen LogP contribution in [0.2, 0.25) is 0 Å². The van der Waals surface area contributed by atoms with E-state index in [2.05, 4.69) is 10.6 Å². The van der Waals surface area contributed by atoms with E-state index in [0.717, 1.165) is 89.9 Å².